The van der Waals surface area contributed by atoms with Crippen LogP contribution in [-0.2, 0) is 0 Å². The Hall–Kier alpha value is -8.00. The van der Waals surface area contributed by atoms with Gasteiger partial charge in [-0.3, -0.25) is 0 Å². The third-order valence-corrected chi connectivity index (χ3v) is 12.0. The van der Waals surface area contributed by atoms with Crippen molar-refractivity contribution in [2.75, 3.05) is 4.90 Å². The van der Waals surface area contributed by atoms with Gasteiger partial charge in [0.25, 0.3) is 0 Å². The highest BCUT2D eigenvalue weighted by atomic mass is 15.1. The molecular formula is C60H41N. The average Bonchev–Trinajstić information content (AvgIpc) is 3.35. The van der Waals surface area contributed by atoms with Gasteiger partial charge in [-0.15, -0.1) is 0 Å². The van der Waals surface area contributed by atoms with Gasteiger partial charge >= 0.3 is 0 Å². The predicted molar refractivity (Wildman–Crippen MR) is 261 cm³/mol. The molecule has 61 heavy (non-hydrogen) atoms. The highest BCUT2D eigenvalue weighted by Crippen LogP contribution is 2.50. The van der Waals surface area contributed by atoms with E-state index in [1.54, 1.807) is 0 Å². The fourth-order valence-corrected chi connectivity index (χ4v) is 9.19. The van der Waals surface area contributed by atoms with E-state index in [-0.39, 0.29) is 0 Å². The SMILES string of the molecule is c1ccc(-c2ccc3c(c2)c2cc(-c4ccccc4)ccc2c2c(-c4ccccc4)c(-c4ccccc4)cc(-c4ccc(N(c5ccccc5)c5ccccc5)cc4)c32)cc1. The second kappa shape index (κ2) is 15.6. The first-order valence-electron chi connectivity index (χ1n) is 21.0. The highest BCUT2D eigenvalue weighted by molar-refractivity contribution is 6.33. The molecule has 0 saturated carbocycles. The lowest BCUT2D eigenvalue weighted by Crippen LogP contribution is -2.09. The summed E-state index contributed by atoms with van der Waals surface area (Å²) >= 11 is 0. The highest BCUT2D eigenvalue weighted by Gasteiger charge is 2.23. The van der Waals surface area contributed by atoms with E-state index < -0.39 is 0 Å². The van der Waals surface area contributed by atoms with E-state index in [0.29, 0.717) is 0 Å². The molecule has 0 fully saturated rings. The summed E-state index contributed by atoms with van der Waals surface area (Å²) in [4.78, 5) is 2.33. The number of rotatable bonds is 8. The number of nitrogens with zero attached hydrogens (tertiary/aromatic N) is 1. The summed E-state index contributed by atoms with van der Waals surface area (Å²) in [6, 6.07) is 90.5. The Morgan fingerprint density at radius 3 is 1.05 bits per heavy atom. The lowest BCUT2D eigenvalue weighted by Gasteiger charge is -2.26. The molecule has 0 saturated heterocycles. The van der Waals surface area contributed by atoms with Crippen LogP contribution in [0.2, 0.25) is 0 Å². The van der Waals surface area contributed by atoms with Gasteiger partial charge < -0.3 is 4.90 Å². The van der Waals surface area contributed by atoms with E-state index >= 15 is 0 Å². The van der Waals surface area contributed by atoms with Crippen molar-refractivity contribution in [3.8, 4) is 55.6 Å². The summed E-state index contributed by atoms with van der Waals surface area (Å²) in [7, 11) is 0. The van der Waals surface area contributed by atoms with Crippen molar-refractivity contribution in [1.29, 1.82) is 0 Å². The van der Waals surface area contributed by atoms with E-state index in [2.05, 4.69) is 254 Å². The van der Waals surface area contributed by atoms with Crippen LogP contribution in [0.15, 0.2) is 249 Å². The Labute approximate surface area is 357 Å². The molecule has 1 heteroatoms. The van der Waals surface area contributed by atoms with Crippen molar-refractivity contribution in [2.45, 2.75) is 0 Å². The van der Waals surface area contributed by atoms with Crippen molar-refractivity contribution in [2.24, 2.45) is 0 Å². The molecule has 286 valence electrons. The zero-order valence-corrected chi connectivity index (χ0v) is 33.6. The average molecular weight is 776 g/mol. The monoisotopic (exact) mass is 775 g/mol. The first-order valence-corrected chi connectivity index (χ1v) is 21.0. The molecule has 0 aliphatic heterocycles. The van der Waals surface area contributed by atoms with Gasteiger partial charge in [0.05, 0.1) is 0 Å². The molecule has 11 aromatic rings. The van der Waals surface area contributed by atoms with Crippen LogP contribution >= 0.6 is 0 Å². The lowest BCUT2D eigenvalue weighted by molar-refractivity contribution is 1.28. The van der Waals surface area contributed by atoms with Crippen LogP contribution in [0.1, 0.15) is 0 Å². The molecule has 0 heterocycles. The molecule has 0 spiro atoms. The minimum Gasteiger partial charge on any atom is -0.311 e. The maximum Gasteiger partial charge on any atom is 0.0462 e. The summed E-state index contributed by atoms with van der Waals surface area (Å²) in [5, 5.41) is 7.47. The van der Waals surface area contributed by atoms with Crippen LogP contribution in [-0.4, -0.2) is 0 Å². The van der Waals surface area contributed by atoms with Crippen LogP contribution < -0.4 is 4.90 Å². The summed E-state index contributed by atoms with van der Waals surface area (Å²) in [5.74, 6) is 0. The molecule has 0 radical (unpaired) electrons. The molecule has 11 aromatic carbocycles. The first-order chi connectivity index (χ1) is 30.3. The Kier molecular flexibility index (Phi) is 9.26. The van der Waals surface area contributed by atoms with Crippen LogP contribution in [0.25, 0.3) is 88.0 Å². The molecule has 1 nitrogen and oxygen atoms in total. The van der Waals surface area contributed by atoms with Crippen LogP contribution in [0, 0.1) is 0 Å². The zero-order valence-electron chi connectivity index (χ0n) is 33.6. The number of hydrogen-bond acceptors (Lipinski definition) is 1. The lowest BCUT2D eigenvalue weighted by atomic mass is 9.80. The van der Waals surface area contributed by atoms with Crippen molar-refractivity contribution in [3.63, 3.8) is 0 Å². The van der Waals surface area contributed by atoms with Gasteiger partial charge in [-0.05, 0) is 143 Å². The van der Waals surface area contributed by atoms with E-state index in [9.17, 15) is 0 Å². The summed E-state index contributed by atoms with van der Waals surface area (Å²) < 4.78 is 0. The largest absolute Gasteiger partial charge is 0.311 e. The van der Waals surface area contributed by atoms with Gasteiger partial charge in [0.2, 0.25) is 0 Å². The van der Waals surface area contributed by atoms with Crippen molar-refractivity contribution in [3.05, 3.63) is 249 Å². The first kappa shape index (κ1) is 36.1. The third kappa shape index (κ3) is 6.63. The molecule has 0 N–H and O–H groups in total. The summed E-state index contributed by atoms with van der Waals surface area (Å²) in [5.41, 5.74) is 15.4. The molecule has 0 aliphatic carbocycles. The maximum atomic E-state index is 2.45. The molecular weight excluding hydrogens is 735 g/mol. The zero-order chi connectivity index (χ0) is 40.5. The third-order valence-electron chi connectivity index (χ3n) is 12.0. The van der Waals surface area contributed by atoms with Crippen LogP contribution in [0.5, 0.6) is 0 Å². The number of fused-ring (bicyclic) bond motifs is 6. The minimum atomic E-state index is 1.10. The fraction of sp³-hybridized carbons (Fsp3) is 0. The quantitative estimate of drug-likeness (QED) is 0.139. The number of benzene rings is 11. The van der Waals surface area contributed by atoms with Crippen molar-refractivity contribution < 1.29 is 0 Å². The summed E-state index contributed by atoms with van der Waals surface area (Å²) in [6.45, 7) is 0. The molecule has 0 aliphatic rings. The van der Waals surface area contributed by atoms with Crippen molar-refractivity contribution >= 4 is 49.4 Å². The normalized spacial score (nSPS) is 11.3. The number of hydrogen-bond donors (Lipinski definition) is 0. The van der Waals surface area contributed by atoms with Crippen LogP contribution in [0.3, 0.4) is 0 Å². The molecule has 0 aromatic heterocycles. The van der Waals surface area contributed by atoms with Gasteiger partial charge in [0, 0.05) is 17.1 Å². The van der Waals surface area contributed by atoms with Gasteiger partial charge in [0.1, 0.15) is 0 Å². The number of para-hydroxylation sites is 2. The predicted octanol–water partition coefficient (Wildman–Crippen LogP) is 17.0. The Morgan fingerprint density at radius 1 is 0.213 bits per heavy atom. The topological polar surface area (TPSA) is 3.24 Å². The van der Waals surface area contributed by atoms with Gasteiger partial charge in [-0.25, -0.2) is 0 Å². The molecule has 11 rings (SSSR count). The van der Waals surface area contributed by atoms with E-state index in [1.165, 1.54) is 88.0 Å². The van der Waals surface area contributed by atoms with Crippen molar-refractivity contribution in [1.82, 2.24) is 0 Å². The Bertz CT molecular complexity index is 3250. The second-order valence-corrected chi connectivity index (χ2v) is 15.6. The second-order valence-electron chi connectivity index (χ2n) is 15.6. The van der Waals surface area contributed by atoms with E-state index in [1.807, 2.05) is 0 Å². The summed E-state index contributed by atoms with van der Waals surface area (Å²) in [6.07, 6.45) is 0. The minimum absolute atomic E-state index is 1.10. The Morgan fingerprint density at radius 2 is 0.574 bits per heavy atom. The van der Waals surface area contributed by atoms with Crippen LogP contribution in [0.4, 0.5) is 17.1 Å². The molecule has 0 unspecified atom stereocenters. The fourth-order valence-electron chi connectivity index (χ4n) is 9.19. The number of anilines is 3. The maximum absolute atomic E-state index is 2.45. The van der Waals surface area contributed by atoms with Gasteiger partial charge in [-0.2, -0.15) is 0 Å². The van der Waals surface area contributed by atoms with E-state index in [0.717, 1.165) is 17.1 Å². The molecule has 0 atom stereocenters. The standard InChI is InChI=1S/C60H41N/c1-7-19-42(20-8-1)47-33-37-52-56(39-47)57-40-48(43-21-9-2-10-22-43)34-38-53(57)60-58(46-25-13-4-14-26-46)54(44-23-11-3-12-24-44)41-55(59(52)60)45-31-35-51(36-32-45)61(49-27-15-5-16-28-49)50-29-17-6-18-30-50/h1-41H. The smallest absolute Gasteiger partial charge is 0.0462 e. The van der Waals surface area contributed by atoms with Gasteiger partial charge in [0.15, 0.2) is 0 Å². The van der Waals surface area contributed by atoms with E-state index in [4.69, 9.17) is 0 Å². The Balaban J connectivity index is 1.26. The molecule has 0 bridgehead atoms. The molecule has 0 amide bonds. The van der Waals surface area contributed by atoms with Gasteiger partial charge in [-0.1, -0.05) is 194 Å².